The fourth-order valence-electron chi connectivity index (χ4n) is 2.40. The van der Waals surface area contributed by atoms with Crippen molar-refractivity contribution in [2.75, 3.05) is 27.4 Å². The van der Waals surface area contributed by atoms with E-state index in [0.29, 0.717) is 6.04 Å². The highest BCUT2D eigenvalue weighted by atomic mass is 16.5. The Morgan fingerprint density at radius 1 is 1.42 bits per heavy atom. The van der Waals surface area contributed by atoms with Gasteiger partial charge in [-0.2, -0.15) is 0 Å². The van der Waals surface area contributed by atoms with Crippen LogP contribution in [-0.4, -0.2) is 50.8 Å². The molecule has 19 heavy (non-hydrogen) atoms. The standard InChI is InChI=1S/C13H24N2O4/c1-9-7-10(5-6-14-9)11(16)15-13(2,8-18-3)12(17)19-4/h9-10,14H,5-8H2,1-4H3,(H,15,16)/t9-,10-,13?/m0/s1. The van der Waals surface area contributed by atoms with Gasteiger partial charge in [0.15, 0.2) is 5.54 Å². The average molecular weight is 272 g/mol. The van der Waals surface area contributed by atoms with Gasteiger partial charge in [-0.15, -0.1) is 0 Å². The second-order valence-corrected chi connectivity index (χ2v) is 5.32. The fourth-order valence-corrected chi connectivity index (χ4v) is 2.40. The molecule has 110 valence electrons. The van der Waals surface area contributed by atoms with Gasteiger partial charge in [0.2, 0.25) is 5.91 Å². The third-order valence-corrected chi connectivity index (χ3v) is 3.46. The average Bonchev–Trinajstić information content (AvgIpc) is 2.37. The van der Waals surface area contributed by atoms with E-state index in [-0.39, 0.29) is 18.4 Å². The van der Waals surface area contributed by atoms with E-state index in [1.165, 1.54) is 14.2 Å². The molecule has 1 rings (SSSR count). The zero-order valence-electron chi connectivity index (χ0n) is 12.1. The van der Waals surface area contributed by atoms with Crippen molar-refractivity contribution in [2.24, 2.45) is 5.92 Å². The molecule has 1 heterocycles. The molecule has 0 aliphatic carbocycles. The van der Waals surface area contributed by atoms with Crippen LogP contribution in [0.3, 0.4) is 0 Å². The molecule has 0 bridgehead atoms. The Morgan fingerprint density at radius 2 is 2.11 bits per heavy atom. The minimum absolute atomic E-state index is 0.0721. The van der Waals surface area contributed by atoms with Crippen LogP contribution in [0.2, 0.25) is 0 Å². The zero-order chi connectivity index (χ0) is 14.5. The molecule has 3 atom stereocenters. The molecule has 1 fully saturated rings. The van der Waals surface area contributed by atoms with E-state index in [1.54, 1.807) is 6.92 Å². The molecule has 1 aliphatic rings. The molecule has 1 amide bonds. The second-order valence-electron chi connectivity index (χ2n) is 5.32. The largest absolute Gasteiger partial charge is 0.467 e. The topological polar surface area (TPSA) is 76.7 Å². The first kappa shape index (κ1) is 15.9. The number of ether oxygens (including phenoxy) is 2. The second kappa shape index (κ2) is 6.86. The number of carbonyl (C=O) groups excluding carboxylic acids is 2. The Labute approximate surface area is 114 Å². The van der Waals surface area contributed by atoms with Crippen molar-refractivity contribution in [3.8, 4) is 0 Å². The predicted octanol–water partition coefficient (Wildman–Crippen LogP) is 0.0688. The van der Waals surface area contributed by atoms with Gasteiger partial charge in [-0.25, -0.2) is 4.79 Å². The summed E-state index contributed by atoms with van der Waals surface area (Å²) in [6, 6.07) is 0.316. The summed E-state index contributed by atoms with van der Waals surface area (Å²) in [4.78, 5) is 24.0. The van der Waals surface area contributed by atoms with E-state index in [9.17, 15) is 9.59 Å². The summed E-state index contributed by atoms with van der Waals surface area (Å²) in [5.74, 6) is -0.680. The molecule has 2 N–H and O–H groups in total. The Bertz CT molecular complexity index is 335. The Balaban J connectivity index is 2.68. The predicted molar refractivity (Wildman–Crippen MR) is 70.6 cm³/mol. The Hall–Kier alpha value is -1.14. The van der Waals surface area contributed by atoms with Crippen molar-refractivity contribution >= 4 is 11.9 Å². The zero-order valence-corrected chi connectivity index (χ0v) is 12.1. The first-order valence-corrected chi connectivity index (χ1v) is 6.55. The highest BCUT2D eigenvalue weighted by molar-refractivity contribution is 5.88. The quantitative estimate of drug-likeness (QED) is 0.693. The third kappa shape index (κ3) is 4.18. The van der Waals surface area contributed by atoms with Crippen LogP contribution >= 0.6 is 0 Å². The lowest BCUT2D eigenvalue weighted by atomic mass is 9.91. The molecule has 0 spiro atoms. The molecule has 6 nitrogen and oxygen atoms in total. The molecule has 1 saturated heterocycles. The van der Waals surface area contributed by atoms with Gasteiger partial charge in [0.25, 0.3) is 0 Å². The van der Waals surface area contributed by atoms with Gasteiger partial charge in [-0.05, 0) is 33.2 Å². The number of hydrogen-bond donors (Lipinski definition) is 2. The van der Waals surface area contributed by atoms with Crippen LogP contribution < -0.4 is 10.6 Å². The fraction of sp³-hybridized carbons (Fsp3) is 0.846. The minimum Gasteiger partial charge on any atom is -0.467 e. The van der Waals surface area contributed by atoms with Crippen LogP contribution in [0.4, 0.5) is 0 Å². The number of rotatable bonds is 5. The summed E-state index contributed by atoms with van der Waals surface area (Å²) in [7, 11) is 2.79. The van der Waals surface area contributed by atoms with Crippen LogP contribution in [0, 0.1) is 5.92 Å². The van der Waals surface area contributed by atoms with E-state index in [2.05, 4.69) is 10.6 Å². The monoisotopic (exact) mass is 272 g/mol. The van der Waals surface area contributed by atoms with Crippen LogP contribution in [0.5, 0.6) is 0 Å². The summed E-state index contributed by atoms with van der Waals surface area (Å²) in [5.41, 5.74) is -1.13. The highest BCUT2D eigenvalue weighted by Crippen LogP contribution is 2.18. The Morgan fingerprint density at radius 3 is 2.63 bits per heavy atom. The summed E-state index contributed by atoms with van der Waals surface area (Å²) in [6.45, 7) is 4.57. The van der Waals surface area contributed by atoms with Gasteiger partial charge in [0.1, 0.15) is 0 Å². The van der Waals surface area contributed by atoms with E-state index in [4.69, 9.17) is 9.47 Å². The summed E-state index contributed by atoms with van der Waals surface area (Å²) in [6.07, 6.45) is 1.55. The van der Waals surface area contributed by atoms with Crippen LogP contribution in [0.1, 0.15) is 26.7 Å². The van der Waals surface area contributed by atoms with Crippen molar-refractivity contribution in [1.29, 1.82) is 0 Å². The third-order valence-electron chi connectivity index (χ3n) is 3.46. The first-order chi connectivity index (χ1) is 8.92. The van der Waals surface area contributed by atoms with Gasteiger partial charge in [-0.1, -0.05) is 0 Å². The molecular formula is C13H24N2O4. The van der Waals surface area contributed by atoms with Crippen LogP contribution in [0.15, 0.2) is 0 Å². The highest BCUT2D eigenvalue weighted by Gasteiger charge is 2.38. The van der Waals surface area contributed by atoms with Crippen molar-refractivity contribution in [3.63, 3.8) is 0 Å². The number of nitrogens with one attached hydrogen (secondary N) is 2. The lowest BCUT2D eigenvalue weighted by molar-refractivity contribution is -0.153. The summed E-state index contributed by atoms with van der Waals surface area (Å²) < 4.78 is 9.74. The maximum absolute atomic E-state index is 12.3. The SMILES string of the molecule is COCC(C)(NC(=O)[C@H]1CCN[C@@H](C)C1)C(=O)OC. The van der Waals surface area contributed by atoms with Gasteiger partial charge in [0.05, 0.1) is 13.7 Å². The van der Waals surface area contributed by atoms with Crippen molar-refractivity contribution in [3.05, 3.63) is 0 Å². The summed E-state index contributed by atoms with van der Waals surface area (Å²) in [5, 5.41) is 6.06. The molecule has 0 saturated carbocycles. The maximum Gasteiger partial charge on any atom is 0.333 e. The van der Waals surface area contributed by atoms with Gasteiger partial charge < -0.3 is 20.1 Å². The molecule has 0 aromatic carbocycles. The molecule has 1 aliphatic heterocycles. The van der Waals surface area contributed by atoms with Crippen molar-refractivity contribution in [1.82, 2.24) is 10.6 Å². The van der Waals surface area contributed by atoms with Gasteiger partial charge >= 0.3 is 5.97 Å². The van der Waals surface area contributed by atoms with E-state index < -0.39 is 11.5 Å². The Kier molecular flexibility index (Phi) is 5.75. The minimum atomic E-state index is -1.13. The van der Waals surface area contributed by atoms with Crippen molar-refractivity contribution in [2.45, 2.75) is 38.3 Å². The van der Waals surface area contributed by atoms with Crippen molar-refractivity contribution < 1.29 is 19.1 Å². The molecule has 0 aromatic rings. The molecule has 6 heteroatoms. The maximum atomic E-state index is 12.3. The molecule has 1 unspecified atom stereocenters. The van der Waals surface area contributed by atoms with Gasteiger partial charge in [-0.3, -0.25) is 4.79 Å². The van der Waals surface area contributed by atoms with Crippen LogP contribution in [0.25, 0.3) is 0 Å². The number of esters is 1. The van der Waals surface area contributed by atoms with E-state index in [1.807, 2.05) is 6.92 Å². The lowest BCUT2D eigenvalue weighted by Crippen LogP contribution is -2.58. The van der Waals surface area contributed by atoms with Crippen LogP contribution in [-0.2, 0) is 19.1 Å². The molecule has 0 radical (unpaired) electrons. The normalized spacial score (nSPS) is 26.3. The number of amides is 1. The lowest BCUT2D eigenvalue weighted by Gasteiger charge is -2.32. The molecular weight excluding hydrogens is 248 g/mol. The number of carbonyl (C=O) groups is 2. The first-order valence-electron chi connectivity index (χ1n) is 6.55. The van der Waals surface area contributed by atoms with E-state index >= 15 is 0 Å². The van der Waals surface area contributed by atoms with E-state index in [0.717, 1.165) is 19.4 Å². The summed E-state index contributed by atoms with van der Waals surface area (Å²) >= 11 is 0. The smallest absolute Gasteiger partial charge is 0.333 e. The van der Waals surface area contributed by atoms with Gasteiger partial charge in [0, 0.05) is 19.1 Å². The number of methoxy groups -OCH3 is 2. The number of hydrogen-bond acceptors (Lipinski definition) is 5. The number of piperidine rings is 1. The molecule has 0 aromatic heterocycles.